The molecule has 0 radical (unpaired) electrons. The van der Waals surface area contributed by atoms with Crippen molar-refractivity contribution in [3.8, 4) is 10.8 Å². The summed E-state index contributed by atoms with van der Waals surface area (Å²) in [6.45, 7) is 0.236. The Morgan fingerprint density at radius 2 is 2.00 bits per heavy atom. The van der Waals surface area contributed by atoms with Crippen LogP contribution in [-0.2, 0) is 23.7 Å². The number of anilines is 1. The van der Waals surface area contributed by atoms with E-state index in [1.165, 1.54) is 31.8 Å². The van der Waals surface area contributed by atoms with Gasteiger partial charge in [0, 0.05) is 7.05 Å². The molecule has 3 aromatic rings. The van der Waals surface area contributed by atoms with Crippen molar-refractivity contribution in [2.45, 2.75) is 11.5 Å². The fourth-order valence-corrected chi connectivity index (χ4v) is 3.76. The second-order valence-corrected chi connectivity index (χ2v) is 7.53. The molecule has 0 saturated heterocycles. The first-order valence-electron chi connectivity index (χ1n) is 7.06. The molecule has 0 aliphatic rings. The molecule has 11 heteroatoms. The molecule has 0 amide bonds. The van der Waals surface area contributed by atoms with Crippen molar-refractivity contribution in [2.75, 3.05) is 11.8 Å². The summed E-state index contributed by atoms with van der Waals surface area (Å²) < 4.78 is 39.3. The Balaban J connectivity index is 1.67. The number of thiazole rings is 1. The first-order chi connectivity index (χ1) is 12.0. The monoisotopic (exact) mass is 381 g/mol. The van der Waals surface area contributed by atoms with Crippen molar-refractivity contribution in [3.63, 3.8) is 0 Å². The van der Waals surface area contributed by atoms with Crippen molar-refractivity contribution in [2.24, 2.45) is 7.05 Å². The van der Waals surface area contributed by atoms with Crippen molar-refractivity contribution < 1.29 is 17.9 Å². The van der Waals surface area contributed by atoms with Gasteiger partial charge in [-0.2, -0.15) is 5.10 Å². The standard InChI is InChI=1S/C14H15N5O4S2/c1-19-12(16-9-17-19)8-23-10-3-5-11(6-4-10)25(20,21)18-14-15-7-13(22-2)24-14/h3-7,9H,8H2,1-2H3,(H,15,18). The van der Waals surface area contributed by atoms with Gasteiger partial charge in [-0.3, -0.25) is 9.40 Å². The summed E-state index contributed by atoms with van der Waals surface area (Å²) >= 11 is 1.10. The number of aryl methyl sites for hydroxylation is 1. The molecule has 3 rings (SSSR count). The lowest BCUT2D eigenvalue weighted by Crippen LogP contribution is -2.12. The first kappa shape index (κ1) is 17.2. The Bertz CT molecular complexity index is 950. The molecule has 0 spiro atoms. The minimum absolute atomic E-state index is 0.104. The molecule has 0 unspecified atom stereocenters. The van der Waals surface area contributed by atoms with Gasteiger partial charge in [-0.05, 0) is 24.3 Å². The van der Waals surface area contributed by atoms with Gasteiger partial charge in [-0.1, -0.05) is 11.3 Å². The van der Waals surface area contributed by atoms with E-state index in [2.05, 4.69) is 19.8 Å². The summed E-state index contributed by atoms with van der Waals surface area (Å²) in [5.74, 6) is 1.19. The second kappa shape index (κ2) is 7.07. The summed E-state index contributed by atoms with van der Waals surface area (Å²) in [7, 11) is -0.473. The molecule has 0 bridgehead atoms. The molecule has 0 atom stereocenters. The lowest BCUT2D eigenvalue weighted by atomic mass is 10.3. The summed E-state index contributed by atoms with van der Waals surface area (Å²) in [6.07, 6.45) is 2.89. The van der Waals surface area contributed by atoms with E-state index in [1.807, 2.05) is 0 Å². The van der Waals surface area contributed by atoms with Crippen molar-refractivity contribution in [1.82, 2.24) is 19.7 Å². The fourth-order valence-electron chi connectivity index (χ4n) is 1.89. The third-order valence-corrected chi connectivity index (χ3v) is 5.57. The summed E-state index contributed by atoms with van der Waals surface area (Å²) in [5, 5.41) is 4.70. The van der Waals surface area contributed by atoms with Crippen molar-refractivity contribution in [1.29, 1.82) is 0 Å². The van der Waals surface area contributed by atoms with Crippen LogP contribution >= 0.6 is 11.3 Å². The summed E-state index contributed by atoms with van der Waals surface area (Å²) in [6, 6.07) is 6.07. The maximum absolute atomic E-state index is 12.4. The number of hydrogen-bond donors (Lipinski definition) is 1. The third-order valence-electron chi connectivity index (χ3n) is 3.21. The van der Waals surface area contributed by atoms with Gasteiger partial charge in [0.25, 0.3) is 10.0 Å². The van der Waals surface area contributed by atoms with Crippen LogP contribution in [0.1, 0.15) is 5.82 Å². The number of rotatable bonds is 7. The SMILES string of the molecule is COc1cnc(NS(=O)(=O)c2ccc(OCc3ncnn3C)cc2)s1. The maximum atomic E-state index is 12.4. The van der Waals surface area contributed by atoms with Crippen LogP contribution in [-0.4, -0.2) is 35.3 Å². The highest BCUT2D eigenvalue weighted by Gasteiger charge is 2.16. The van der Waals surface area contributed by atoms with Crippen LogP contribution in [0.2, 0.25) is 0 Å². The van der Waals surface area contributed by atoms with Gasteiger partial charge in [0.2, 0.25) is 0 Å². The van der Waals surface area contributed by atoms with E-state index >= 15 is 0 Å². The lowest BCUT2D eigenvalue weighted by Gasteiger charge is -2.08. The van der Waals surface area contributed by atoms with Crippen LogP contribution in [0.15, 0.2) is 41.7 Å². The van der Waals surface area contributed by atoms with Crippen LogP contribution in [0.3, 0.4) is 0 Å². The number of aromatic nitrogens is 4. The average Bonchev–Trinajstić information content (AvgIpc) is 3.21. The van der Waals surface area contributed by atoms with E-state index in [9.17, 15) is 8.42 Å². The zero-order chi connectivity index (χ0) is 17.9. The van der Waals surface area contributed by atoms with Gasteiger partial charge in [0.15, 0.2) is 16.0 Å². The molecule has 25 heavy (non-hydrogen) atoms. The van der Waals surface area contributed by atoms with E-state index in [-0.39, 0.29) is 16.6 Å². The van der Waals surface area contributed by atoms with Gasteiger partial charge in [-0.15, -0.1) is 0 Å². The van der Waals surface area contributed by atoms with E-state index in [4.69, 9.17) is 9.47 Å². The average molecular weight is 381 g/mol. The van der Waals surface area contributed by atoms with Crippen molar-refractivity contribution in [3.05, 3.63) is 42.6 Å². The van der Waals surface area contributed by atoms with Gasteiger partial charge < -0.3 is 9.47 Å². The molecule has 0 fully saturated rings. The predicted octanol–water partition coefficient (Wildman–Crippen LogP) is 1.66. The molecule has 1 N–H and O–H groups in total. The summed E-state index contributed by atoms with van der Waals surface area (Å²) in [4.78, 5) is 8.10. The number of sulfonamides is 1. The zero-order valence-electron chi connectivity index (χ0n) is 13.4. The number of nitrogens with zero attached hydrogens (tertiary/aromatic N) is 4. The molecular weight excluding hydrogens is 366 g/mol. The maximum Gasteiger partial charge on any atom is 0.263 e. The van der Waals surface area contributed by atoms with Gasteiger partial charge in [0.1, 0.15) is 18.7 Å². The number of nitrogens with one attached hydrogen (secondary N) is 1. The molecule has 9 nitrogen and oxygen atoms in total. The lowest BCUT2D eigenvalue weighted by molar-refractivity contribution is 0.289. The Morgan fingerprint density at radius 3 is 2.60 bits per heavy atom. The molecule has 2 heterocycles. The van der Waals surface area contributed by atoms with E-state index < -0.39 is 10.0 Å². The zero-order valence-corrected chi connectivity index (χ0v) is 15.0. The van der Waals surface area contributed by atoms with E-state index in [1.54, 1.807) is 23.9 Å². The molecule has 2 aromatic heterocycles. The second-order valence-electron chi connectivity index (χ2n) is 4.85. The predicted molar refractivity (Wildman–Crippen MR) is 91.3 cm³/mol. The van der Waals surface area contributed by atoms with Crippen LogP contribution in [0, 0.1) is 0 Å². The number of ether oxygens (including phenoxy) is 2. The quantitative estimate of drug-likeness (QED) is 0.663. The number of hydrogen-bond acceptors (Lipinski definition) is 8. The molecule has 0 aliphatic carbocycles. The van der Waals surface area contributed by atoms with Crippen molar-refractivity contribution >= 4 is 26.5 Å². The molecule has 0 saturated carbocycles. The summed E-state index contributed by atoms with van der Waals surface area (Å²) in [5.41, 5.74) is 0. The Morgan fingerprint density at radius 1 is 1.24 bits per heavy atom. The van der Waals surface area contributed by atoms with Crippen LogP contribution in [0.5, 0.6) is 10.8 Å². The van der Waals surface area contributed by atoms with Gasteiger partial charge >= 0.3 is 0 Å². The van der Waals surface area contributed by atoms with Crippen LogP contribution < -0.4 is 14.2 Å². The minimum Gasteiger partial charge on any atom is -0.486 e. The topological polar surface area (TPSA) is 108 Å². The normalized spacial score (nSPS) is 11.3. The third kappa shape index (κ3) is 4.06. The van der Waals surface area contributed by atoms with Crippen LogP contribution in [0.4, 0.5) is 5.13 Å². The highest BCUT2D eigenvalue weighted by molar-refractivity contribution is 7.93. The fraction of sp³-hybridized carbons (Fsp3) is 0.214. The number of methoxy groups -OCH3 is 1. The Labute approximate surface area is 148 Å². The van der Waals surface area contributed by atoms with E-state index in [0.717, 1.165) is 11.3 Å². The van der Waals surface area contributed by atoms with Gasteiger partial charge in [0.05, 0.1) is 18.2 Å². The smallest absolute Gasteiger partial charge is 0.263 e. The first-order valence-corrected chi connectivity index (χ1v) is 9.36. The van der Waals surface area contributed by atoms with Gasteiger partial charge in [-0.25, -0.2) is 18.4 Å². The van der Waals surface area contributed by atoms with E-state index in [0.29, 0.717) is 16.6 Å². The largest absolute Gasteiger partial charge is 0.486 e. The highest BCUT2D eigenvalue weighted by atomic mass is 32.2. The molecule has 132 valence electrons. The Hall–Kier alpha value is -2.66. The highest BCUT2D eigenvalue weighted by Crippen LogP contribution is 2.27. The van der Waals surface area contributed by atoms with Crippen LogP contribution in [0.25, 0.3) is 0 Å². The number of benzene rings is 1. The molecule has 0 aliphatic heterocycles. The minimum atomic E-state index is -3.73. The molecule has 1 aromatic carbocycles. The Kier molecular flexibility index (Phi) is 4.86. The molecular formula is C14H15N5O4S2.